The van der Waals surface area contributed by atoms with Crippen molar-refractivity contribution < 1.29 is 28.7 Å². The number of rotatable bonds is 12. The minimum Gasteiger partial charge on any atom is -0.453 e. The highest BCUT2D eigenvalue weighted by molar-refractivity contribution is 5.91. The molecule has 6 atom stereocenters. The van der Waals surface area contributed by atoms with Crippen LogP contribution in [0.4, 0.5) is 9.59 Å². The highest BCUT2D eigenvalue weighted by Crippen LogP contribution is 2.58. The van der Waals surface area contributed by atoms with E-state index < -0.39 is 24.3 Å². The standard InChI is InChI=1S/C56H62N8O6/c1-32(2)47(61-54(67)69-3)52(65)63-31-56(23-24-56)28-46(63)50-57-30-45(59-50)41-20-19-39-25-38(17-18-40(39)26-41)35-9-13-36(14-10-35)44-29-58-51(60-44)49-42-21-22-43(27-42)64(49)53(66)48(62-55(68)70-4)37-15-11-34(12-16-37)33-7-5-6-8-33/h9-20,25-26,29-30,32-33,42-43,46-49H,5-8,21-24,27-28,31H2,1-4H3,(H,57,59)(H,58,60)(H,61,67)(H,62,68)/t42-,43+,46-,47-,48-,49-/m0/s1. The van der Waals surface area contributed by atoms with E-state index in [4.69, 9.17) is 19.4 Å². The fraction of sp³-hybridized carbons (Fsp3) is 0.429. The zero-order chi connectivity index (χ0) is 48.3. The minimum absolute atomic E-state index is 0.0753. The van der Waals surface area contributed by atoms with Crippen molar-refractivity contribution in [2.45, 2.75) is 114 Å². The Bertz CT molecular complexity index is 2930. The van der Waals surface area contributed by atoms with E-state index in [1.54, 1.807) is 0 Å². The fourth-order valence-electron chi connectivity index (χ4n) is 12.2. The van der Waals surface area contributed by atoms with Crippen molar-refractivity contribution in [3.63, 3.8) is 0 Å². The number of ether oxygens (including phenoxy) is 2. The summed E-state index contributed by atoms with van der Waals surface area (Å²) in [4.78, 5) is 74.3. The number of amides is 4. The van der Waals surface area contributed by atoms with E-state index in [1.165, 1.54) is 45.5 Å². The number of likely N-dealkylation sites (tertiary alicyclic amines) is 2. The van der Waals surface area contributed by atoms with Crippen molar-refractivity contribution in [3.8, 4) is 33.6 Å². The third-order valence-corrected chi connectivity index (χ3v) is 16.2. The van der Waals surface area contributed by atoms with Crippen molar-refractivity contribution in [2.75, 3.05) is 20.8 Å². The molecular weight excluding hydrogens is 881 g/mol. The zero-order valence-corrected chi connectivity index (χ0v) is 40.4. The SMILES string of the molecule is COC(=O)N[C@H](C(=O)N1[C@@H]2CC[C@@H](C2)[C@H]1c1ncc(-c2ccc(-c3ccc4cc(-c5cnc([C@@H]6CC7(CC7)CN6C(=O)[C@@H](NC(=O)OC)C(C)C)[nH]5)ccc4c3)cc2)[nH]1)c1ccc(C2CCCC2)cc1. The molecule has 6 aromatic rings. The van der Waals surface area contributed by atoms with Crippen LogP contribution >= 0.6 is 0 Å². The summed E-state index contributed by atoms with van der Waals surface area (Å²) in [5.74, 6) is 1.99. The second-order valence-corrected chi connectivity index (χ2v) is 20.9. The Morgan fingerprint density at radius 3 is 2.00 bits per heavy atom. The van der Waals surface area contributed by atoms with E-state index >= 15 is 0 Å². The van der Waals surface area contributed by atoms with Gasteiger partial charge in [0.25, 0.3) is 5.91 Å². The molecule has 4 amide bonds. The van der Waals surface area contributed by atoms with Crippen LogP contribution in [0.25, 0.3) is 44.4 Å². The quantitative estimate of drug-likeness (QED) is 0.0938. The highest BCUT2D eigenvalue weighted by Gasteiger charge is 2.55. The van der Waals surface area contributed by atoms with E-state index in [2.05, 4.69) is 93.4 Å². The minimum atomic E-state index is -0.873. The molecule has 3 aliphatic carbocycles. The smallest absolute Gasteiger partial charge is 0.407 e. The molecule has 3 saturated carbocycles. The molecule has 14 heteroatoms. The van der Waals surface area contributed by atoms with Crippen LogP contribution in [0.2, 0.25) is 0 Å². The number of fused-ring (bicyclic) bond motifs is 3. The van der Waals surface area contributed by atoms with Crippen molar-refractivity contribution in [1.29, 1.82) is 0 Å². The molecule has 2 aliphatic heterocycles. The van der Waals surface area contributed by atoms with Gasteiger partial charge in [0.2, 0.25) is 5.91 Å². The third kappa shape index (κ3) is 8.59. The van der Waals surface area contributed by atoms with Gasteiger partial charge in [0.1, 0.15) is 23.7 Å². The van der Waals surface area contributed by atoms with Crippen LogP contribution in [-0.2, 0) is 19.1 Å². The fourth-order valence-corrected chi connectivity index (χ4v) is 12.2. The van der Waals surface area contributed by atoms with Crippen LogP contribution in [0, 0.1) is 17.3 Å². The maximum absolute atomic E-state index is 14.7. The number of benzene rings is 4. The predicted molar refractivity (Wildman–Crippen MR) is 266 cm³/mol. The first-order chi connectivity index (χ1) is 34.0. The topological polar surface area (TPSA) is 175 Å². The number of carbonyl (C=O) groups excluding carboxylic acids is 4. The zero-order valence-electron chi connectivity index (χ0n) is 40.4. The Hall–Kier alpha value is -6.96. The number of aromatic nitrogens is 4. The summed E-state index contributed by atoms with van der Waals surface area (Å²) >= 11 is 0. The van der Waals surface area contributed by atoms with E-state index in [9.17, 15) is 19.2 Å². The molecule has 5 aliphatic rings. The molecule has 4 heterocycles. The van der Waals surface area contributed by atoms with Crippen molar-refractivity contribution in [2.24, 2.45) is 17.3 Å². The van der Waals surface area contributed by atoms with Gasteiger partial charge in [-0.3, -0.25) is 9.59 Å². The molecule has 4 aromatic carbocycles. The summed E-state index contributed by atoms with van der Waals surface area (Å²) in [7, 11) is 2.63. The van der Waals surface area contributed by atoms with Crippen LogP contribution in [0.5, 0.6) is 0 Å². The summed E-state index contributed by atoms with van der Waals surface area (Å²) in [6.45, 7) is 4.51. The maximum Gasteiger partial charge on any atom is 0.407 e. The maximum atomic E-state index is 14.7. The second-order valence-electron chi connectivity index (χ2n) is 20.9. The molecule has 2 aromatic heterocycles. The first-order valence-electron chi connectivity index (χ1n) is 25.1. The lowest BCUT2D eigenvalue weighted by Gasteiger charge is -2.36. The Morgan fingerprint density at radius 2 is 1.31 bits per heavy atom. The molecule has 70 heavy (non-hydrogen) atoms. The Kier molecular flexibility index (Phi) is 12.0. The first kappa shape index (κ1) is 45.5. The third-order valence-electron chi connectivity index (χ3n) is 16.2. The molecule has 2 bridgehead atoms. The number of carbonyl (C=O) groups is 4. The molecule has 362 valence electrons. The lowest BCUT2D eigenvalue weighted by molar-refractivity contribution is -0.138. The van der Waals surface area contributed by atoms with Gasteiger partial charge in [-0.2, -0.15) is 0 Å². The van der Waals surface area contributed by atoms with Gasteiger partial charge in [-0.05, 0) is 125 Å². The number of aromatic amines is 2. The average Bonchev–Trinajstić information content (AvgIpc) is 4.16. The van der Waals surface area contributed by atoms with Gasteiger partial charge >= 0.3 is 12.2 Å². The number of piperidine rings is 1. The number of hydrogen-bond donors (Lipinski definition) is 4. The number of H-pyrrole nitrogens is 2. The van der Waals surface area contributed by atoms with E-state index in [-0.39, 0.29) is 47.2 Å². The lowest BCUT2D eigenvalue weighted by Crippen LogP contribution is -2.51. The Morgan fingerprint density at radius 1 is 0.700 bits per heavy atom. The largest absolute Gasteiger partial charge is 0.453 e. The van der Waals surface area contributed by atoms with Gasteiger partial charge in [-0.1, -0.05) is 99.5 Å². The summed E-state index contributed by atoms with van der Waals surface area (Å²) in [5.41, 5.74) is 8.11. The molecule has 14 nitrogen and oxygen atoms in total. The molecule has 4 N–H and O–H groups in total. The lowest BCUT2D eigenvalue weighted by atomic mass is 9.94. The van der Waals surface area contributed by atoms with Crippen molar-refractivity contribution >= 4 is 34.8 Å². The molecule has 5 fully saturated rings. The van der Waals surface area contributed by atoms with E-state index in [0.29, 0.717) is 12.5 Å². The summed E-state index contributed by atoms with van der Waals surface area (Å²) < 4.78 is 9.85. The molecule has 2 saturated heterocycles. The first-order valence-corrected chi connectivity index (χ1v) is 25.1. The van der Waals surface area contributed by atoms with Crippen LogP contribution < -0.4 is 10.6 Å². The Labute approximate surface area is 408 Å². The van der Waals surface area contributed by atoms with Crippen LogP contribution in [-0.4, -0.2) is 86.6 Å². The van der Waals surface area contributed by atoms with Crippen molar-refractivity contribution in [3.05, 3.63) is 120 Å². The van der Waals surface area contributed by atoms with Crippen LogP contribution in [0.3, 0.4) is 0 Å². The number of hydrogen-bond acceptors (Lipinski definition) is 8. The van der Waals surface area contributed by atoms with E-state index in [0.717, 1.165) is 100 Å². The molecule has 1 spiro atoms. The molecular formula is C56H62N8O6. The second kappa shape index (κ2) is 18.4. The number of alkyl carbamates (subject to hydrolysis) is 2. The van der Waals surface area contributed by atoms with Gasteiger partial charge in [-0.15, -0.1) is 0 Å². The van der Waals surface area contributed by atoms with Gasteiger partial charge < -0.3 is 39.9 Å². The summed E-state index contributed by atoms with van der Waals surface area (Å²) in [6.07, 6.45) is 13.2. The molecule has 11 rings (SSSR count). The van der Waals surface area contributed by atoms with Gasteiger partial charge in [-0.25, -0.2) is 19.6 Å². The highest BCUT2D eigenvalue weighted by atomic mass is 16.5. The molecule has 0 radical (unpaired) electrons. The van der Waals surface area contributed by atoms with Gasteiger partial charge in [0.15, 0.2) is 0 Å². The monoisotopic (exact) mass is 942 g/mol. The number of nitrogens with zero attached hydrogens (tertiary/aromatic N) is 4. The predicted octanol–water partition coefficient (Wildman–Crippen LogP) is 10.5. The van der Waals surface area contributed by atoms with Crippen LogP contribution in [0.1, 0.15) is 125 Å². The number of nitrogens with one attached hydrogen (secondary N) is 4. The summed E-state index contributed by atoms with van der Waals surface area (Å²) in [5, 5.41) is 7.84. The van der Waals surface area contributed by atoms with Crippen LogP contribution in [0.15, 0.2) is 97.3 Å². The van der Waals surface area contributed by atoms with Gasteiger partial charge in [0.05, 0.1) is 50.1 Å². The Balaban J connectivity index is 0.781. The van der Waals surface area contributed by atoms with E-state index in [1.807, 2.05) is 48.2 Å². The van der Waals surface area contributed by atoms with Crippen molar-refractivity contribution in [1.82, 2.24) is 40.4 Å². The normalized spacial score (nSPS) is 22.2. The molecule has 0 unspecified atom stereocenters. The number of imidazole rings is 2. The average molecular weight is 943 g/mol. The summed E-state index contributed by atoms with van der Waals surface area (Å²) in [6, 6.07) is 27.7. The number of methoxy groups -OCH3 is 2. The van der Waals surface area contributed by atoms with Gasteiger partial charge in [0, 0.05) is 18.2 Å².